The Kier molecular flexibility index (Phi) is 5.16. The summed E-state index contributed by atoms with van der Waals surface area (Å²) in [7, 11) is 0. The first-order valence-corrected chi connectivity index (χ1v) is 12.0. The van der Waals surface area contributed by atoms with E-state index in [4.69, 9.17) is 4.74 Å². The minimum absolute atomic E-state index is 0.00809. The molecule has 2 aromatic heterocycles. The first-order chi connectivity index (χ1) is 17.5. The maximum absolute atomic E-state index is 13.1. The molecule has 0 atom stereocenters. The van der Waals surface area contributed by atoms with Crippen LogP contribution in [-0.2, 0) is 11.3 Å². The summed E-state index contributed by atoms with van der Waals surface area (Å²) < 4.78 is 5.42. The van der Waals surface area contributed by atoms with Gasteiger partial charge in [-0.2, -0.15) is 0 Å². The molecule has 2 heterocycles. The predicted octanol–water partition coefficient (Wildman–Crippen LogP) is 4.78. The lowest BCUT2D eigenvalue weighted by Gasteiger charge is -2.19. The summed E-state index contributed by atoms with van der Waals surface area (Å²) in [6.45, 7) is -0.301. The van der Waals surface area contributed by atoms with Gasteiger partial charge in [0, 0.05) is 33.2 Å². The first kappa shape index (κ1) is 21.8. The standard InChI is InChI=1S/C28H16N2O5S/c31-24-16-9-4-5-10-17(16)25(32)22-18(24)11-6-12-19(22)28(34)35-13-21-29-26(33)23-20(14-36-27(23)30-21)15-7-2-1-3-8-15/h1-12,14H,13H2,(H,29,30,33). The number of ether oxygens (including phenoxy) is 1. The summed E-state index contributed by atoms with van der Waals surface area (Å²) in [5.41, 5.74) is 2.09. The molecule has 36 heavy (non-hydrogen) atoms. The molecule has 0 amide bonds. The molecule has 0 saturated heterocycles. The van der Waals surface area contributed by atoms with Crippen molar-refractivity contribution in [2.45, 2.75) is 6.61 Å². The Morgan fingerprint density at radius 2 is 1.50 bits per heavy atom. The number of nitrogens with one attached hydrogen (secondary N) is 1. The molecule has 0 saturated carbocycles. The highest BCUT2D eigenvalue weighted by atomic mass is 32.1. The summed E-state index contributed by atoms with van der Waals surface area (Å²) in [6, 6.07) is 20.6. The molecule has 8 heteroatoms. The average molecular weight is 493 g/mol. The second-order valence-corrected chi connectivity index (χ2v) is 9.07. The maximum Gasteiger partial charge on any atom is 0.339 e. The molecule has 0 unspecified atom stereocenters. The Morgan fingerprint density at radius 3 is 2.28 bits per heavy atom. The molecule has 0 radical (unpaired) electrons. The van der Waals surface area contributed by atoms with Gasteiger partial charge in [0.15, 0.2) is 11.6 Å². The number of hydrogen-bond donors (Lipinski definition) is 1. The maximum atomic E-state index is 13.1. The van der Waals surface area contributed by atoms with E-state index in [1.54, 1.807) is 24.3 Å². The summed E-state index contributed by atoms with van der Waals surface area (Å²) >= 11 is 1.33. The molecule has 0 aliphatic heterocycles. The van der Waals surface area contributed by atoms with E-state index in [1.807, 2.05) is 35.7 Å². The van der Waals surface area contributed by atoms with Gasteiger partial charge in [0.1, 0.15) is 17.3 Å². The molecule has 3 aromatic carbocycles. The Hall–Kier alpha value is -4.69. The molecule has 1 N–H and O–H groups in total. The number of hydrogen-bond acceptors (Lipinski definition) is 7. The number of esters is 1. The van der Waals surface area contributed by atoms with E-state index in [-0.39, 0.29) is 46.0 Å². The van der Waals surface area contributed by atoms with Crippen molar-refractivity contribution in [3.63, 3.8) is 0 Å². The van der Waals surface area contributed by atoms with Crippen LogP contribution in [0.3, 0.4) is 0 Å². The van der Waals surface area contributed by atoms with Crippen LogP contribution in [-0.4, -0.2) is 27.5 Å². The molecule has 6 rings (SSSR count). The fourth-order valence-corrected chi connectivity index (χ4v) is 5.39. The van der Waals surface area contributed by atoms with Crippen molar-refractivity contribution in [2.24, 2.45) is 0 Å². The number of aromatic amines is 1. The lowest BCUT2D eigenvalue weighted by Crippen LogP contribution is -2.24. The van der Waals surface area contributed by atoms with E-state index in [2.05, 4.69) is 9.97 Å². The summed E-state index contributed by atoms with van der Waals surface area (Å²) in [6.07, 6.45) is 0. The van der Waals surface area contributed by atoms with Crippen LogP contribution in [0.2, 0.25) is 0 Å². The fraction of sp³-hybridized carbons (Fsp3) is 0.0357. The van der Waals surface area contributed by atoms with Crippen molar-refractivity contribution in [3.8, 4) is 11.1 Å². The van der Waals surface area contributed by atoms with Gasteiger partial charge in [-0.05, 0) is 11.6 Å². The summed E-state index contributed by atoms with van der Waals surface area (Å²) in [5, 5.41) is 2.34. The van der Waals surface area contributed by atoms with Crippen LogP contribution in [0.1, 0.15) is 48.0 Å². The van der Waals surface area contributed by atoms with Crippen LogP contribution in [0.25, 0.3) is 21.3 Å². The van der Waals surface area contributed by atoms with E-state index in [0.717, 1.165) is 11.1 Å². The van der Waals surface area contributed by atoms with Crippen LogP contribution in [0.15, 0.2) is 83.0 Å². The number of thiophene rings is 1. The molecule has 0 bridgehead atoms. The Morgan fingerprint density at radius 1 is 0.806 bits per heavy atom. The molecule has 0 spiro atoms. The number of fused-ring (bicyclic) bond motifs is 3. The third-order valence-electron chi connectivity index (χ3n) is 6.09. The Bertz CT molecular complexity index is 1770. The first-order valence-electron chi connectivity index (χ1n) is 11.1. The number of aromatic nitrogens is 2. The molecule has 174 valence electrons. The van der Waals surface area contributed by atoms with E-state index < -0.39 is 11.8 Å². The topological polar surface area (TPSA) is 106 Å². The lowest BCUT2D eigenvalue weighted by molar-refractivity contribution is 0.0459. The van der Waals surface area contributed by atoms with Gasteiger partial charge in [0.2, 0.25) is 0 Å². The minimum atomic E-state index is -0.786. The van der Waals surface area contributed by atoms with Gasteiger partial charge in [-0.3, -0.25) is 14.4 Å². The highest BCUT2D eigenvalue weighted by Gasteiger charge is 2.33. The third-order valence-corrected chi connectivity index (χ3v) is 6.96. The molecule has 1 aliphatic carbocycles. The van der Waals surface area contributed by atoms with Crippen LogP contribution in [0, 0.1) is 0 Å². The molecule has 0 fully saturated rings. The normalized spacial score (nSPS) is 12.3. The minimum Gasteiger partial charge on any atom is -0.454 e. The Balaban J connectivity index is 1.29. The van der Waals surface area contributed by atoms with E-state index in [9.17, 15) is 19.2 Å². The van der Waals surface area contributed by atoms with Gasteiger partial charge in [-0.25, -0.2) is 9.78 Å². The molecule has 7 nitrogen and oxygen atoms in total. The average Bonchev–Trinajstić information content (AvgIpc) is 3.35. The third kappa shape index (κ3) is 3.47. The lowest BCUT2D eigenvalue weighted by atomic mass is 9.82. The zero-order valence-electron chi connectivity index (χ0n) is 18.6. The second kappa shape index (κ2) is 8.51. The number of carbonyl (C=O) groups is 3. The molecular formula is C28H16N2O5S. The predicted molar refractivity (Wildman–Crippen MR) is 135 cm³/mol. The van der Waals surface area contributed by atoms with Crippen molar-refractivity contribution < 1.29 is 19.1 Å². The van der Waals surface area contributed by atoms with Crippen molar-refractivity contribution in [1.82, 2.24) is 9.97 Å². The molecule has 5 aromatic rings. The van der Waals surface area contributed by atoms with Crippen molar-refractivity contribution in [1.29, 1.82) is 0 Å². The van der Waals surface area contributed by atoms with Gasteiger partial charge in [-0.1, -0.05) is 66.7 Å². The number of H-pyrrole nitrogens is 1. The highest BCUT2D eigenvalue weighted by Crippen LogP contribution is 2.31. The summed E-state index contributed by atoms with van der Waals surface area (Å²) in [5.74, 6) is -1.34. The van der Waals surface area contributed by atoms with E-state index in [1.165, 1.54) is 29.5 Å². The number of benzene rings is 3. The van der Waals surface area contributed by atoms with Crippen molar-refractivity contribution in [2.75, 3.05) is 0 Å². The number of ketones is 2. The summed E-state index contributed by atoms with van der Waals surface area (Å²) in [4.78, 5) is 59.6. The molecular weight excluding hydrogens is 476 g/mol. The van der Waals surface area contributed by atoms with Crippen LogP contribution < -0.4 is 5.56 Å². The zero-order chi connectivity index (χ0) is 24.8. The second-order valence-electron chi connectivity index (χ2n) is 8.22. The van der Waals surface area contributed by atoms with E-state index >= 15 is 0 Å². The van der Waals surface area contributed by atoms with Gasteiger partial charge in [0.05, 0.1) is 10.9 Å². The van der Waals surface area contributed by atoms with Gasteiger partial charge in [0.25, 0.3) is 5.56 Å². The van der Waals surface area contributed by atoms with Crippen molar-refractivity contribution in [3.05, 3.63) is 122 Å². The number of rotatable bonds is 4. The van der Waals surface area contributed by atoms with Crippen LogP contribution in [0.4, 0.5) is 0 Å². The van der Waals surface area contributed by atoms with E-state index in [0.29, 0.717) is 15.8 Å². The van der Waals surface area contributed by atoms with Crippen molar-refractivity contribution >= 4 is 39.1 Å². The highest BCUT2D eigenvalue weighted by molar-refractivity contribution is 7.17. The van der Waals surface area contributed by atoms with Gasteiger partial charge in [-0.15, -0.1) is 11.3 Å². The monoisotopic (exact) mass is 492 g/mol. The Labute approximate surface area is 208 Å². The largest absolute Gasteiger partial charge is 0.454 e. The zero-order valence-corrected chi connectivity index (χ0v) is 19.4. The van der Waals surface area contributed by atoms with Crippen LogP contribution >= 0.6 is 11.3 Å². The van der Waals surface area contributed by atoms with Gasteiger partial charge >= 0.3 is 5.97 Å². The number of carbonyl (C=O) groups excluding carboxylic acids is 3. The number of nitrogens with zero attached hydrogens (tertiary/aromatic N) is 1. The quantitative estimate of drug-likeness (QED) is 0.355. The van der Waals surface area contributed by atoms with Gasteiger partial charge < -0.3 is 9.72 Å². The smallest absolute Gasteiger partial charge is 0.339 e. The molecule has 1 aliphatic rings. The fourth-order valence-electron chi connectivity index (χ4n) is 4.42. The van der Waals surface area contributed by atoms with Crippen LogP contribution in [0.5, 0.6) is 0 Å². The SMILES string of the molecule is O=C(OCc1nc2scc(-c3ccccc3)c2c(=O)[nH]1)c1cccc2c1C(=O)c1ccccc1C2=O.